The Bertz CT molecular complexity index is 345. The lowest BCUT2D eigenvalue weighted by molar-refractivity contribution is -0.146. The molecule has 0 radical (unpaired) electrons. The third kappa shape index (κ3) is 2.18. The molecule has 1 aromatic rings. The lowest BCUT2D eigenvalue weighted by Gasteiger charge is -2.25. The van der Waals surface area contributed by atoms with Crippen LogP contribution in [0.2, 0.25) is 0 Å². The molecular formula is C12H17NO2. The van der Waals surface area contributed by atoms with Gasteiger partial charge in [0, 0.05) is 6.54 Å². The fraction of sp³-hybridized carbons (Fsp3) is 0.417. The fourth-order valence-corrected chi connectivity index (χ4v) is 1.47. The number of carbonyl (C=O) groups excluding carboxylic acids is 1. The molecule has 3 heteroatoms. The van der Waals surface area contributed by atoms with Crippen LogP contribution < -0.4 is 5.73 Å². The Morgan fingerprint density at radius 3 is 2.33 bits per heavy atom. The average molecular weight is 207 g/mol. The molecule has 1 rings (SSSR count). The number of aryl methyl sites for hydroxylation is 1. The van der Waals surface area contributed by atoms with Crippen LogP contribution in [0, 0.1) is 6.92 Å². The Hall–Kier alpha value is -1.35. The first kappa shape index (κ1) is 11.7. The largest absolute Gasteiger partial charge is 0.468 e. The Balaban J connectivity index is 3.11. The lowest BCUT2D eigenvalue weighted by Crippen LogP contribution is -2.40. The SMILES string of the molecule is COC(=O)C(C)(CN)c1ccc(C)cc1. The zero-order valence-electron chi connectivity index (χ0n) is 9.41. The summed E-state index contributed by atoms with van der Waals surface area (Å²) in [6, 6.07) is 7.76. The predicted molar refractivity (Wildman–Crippen MR) is 59.6 cm³/mol. The maximum Gasteiger partial charge on any atom is 0.317 e. The van der Waals surface area contributed by atoms with Crippen LogP contribution in [0.4, 0.5) is 0 Å². The molecule has 0 saturated carbocycles. The number of rotatable bonds is 3. The minimum Gasteiger partial charge on any atom is -0.468 e. The summed E-state index contributed by atoms with van der Waals surface area (Å²) < 4.78 is 4.77. The van der Waals surface area contributed by atoms with Crippen LogP contribution in [-0.2, 0) is 14.9 Å². The second kappa shape index (κ2) is 4.45. The van der Waals surface area contributed by atoms with Crippen molar-refractivity contribution < 1.29 is 9.53 Å². The topological polar surface area (TPSA) is 52.3 Å². The van der Waals surface area contributed by atoms with E-state index in [9.17, 15) is 4.79 Å². The van der Waals surface area contributed by atoms with Crippen molar-refractivity contribution in [2.24, 2.45) is 5.73 Å². The van der Waals surface area contributed by atoms with Gasteiger partial charge in [0.1, 0.15) is 5.41 Å². The van der Waals surface area contributed by atoms with Crippen LogP contribution in [0.15, 0.2) is 24.3 Å². The van der Waals surface area contributed by atoms with E-state index in [0.29, 0.717) is 0 Å². The van der Waals surface area contributed by atoms with Gasteiger partial charge >= 0.3 is 5.97 Å². The molecule has 0 heterocycles. The van der Waals surface area contributed by atoms with Gasteiger partial charge in [0.05, 0.1) is 7.11 Å². The van der Waals surface area contributed by atoms with Crippen molar-refractivity contribution in [2.45, 2.75) is 19.3 Å². The van der Waals surface area contributed by atoms with Gasteiger partial charge < -0.3 is 10.5 Å². The van der Waals surface area contributed by atoms with E-state index in [1.165, 1.54) is 7.11 Å². The zero-order valence-corrected chi connectivity index (χ0v) is 9.41. The second-order valence-corrected chi connectivity index (χ2v) is 3.89. The molecule has 0 fully saturated rings. The number of esters is 1. The van der Waals surface area contributed by atoms with Gasteiger partial charge in [-0.3, -0.25) is 4.79 Å². The van der Waals surface area contributed by atoms with Gasteiger partial charge in [-0.2, -0.15) is 0 Å². The van der Waals surface area contributed by atoms with E-state index in [4.69, 9.17) is 10.5 Å². The van der Waals surface area contributed by atoms with Crippen LogP contribution in [0.25, 0.3) is 0 Å². The molecule has 1 unspecified atom stereocenters. The van der Waals surface area contributed by atoms with Crippen molar-refractivity contribution in [3.63, 3.8) is 0 Å². The highest BCUT2D eigenvalue weighted by Crippen LogP contribution is 2.24. The zero-order chi connectivity index (χ0) is 11.5. The summed E-state index contributed by atoms with van der Waals surface area (Å²) in [5, 5.41) is 0. The van der Waals surface area contributed by atoms with Crippen molar-refractivity contribution >= 4 is 5.97 Å². The Morgan fingerprint density at radius 1 is 1.40 bits per heavy atom. The van der Waals surface area contributed by atoms with E-state index >= 15 is 0 Å². The first-order valence-corrected chi connectivity index (χ1v) is 4.90. The third-order valence-corrected chi connectivity index (χ3v) is 2.73. The predicted octanol–water partition coefficient (Wildman–Crippen LogP) is 1.38. The molecule has 1 atom stereocenters. The van der Waals surface area contributed by atoms with Crippen molar-refractivity contribution in [1.82, 2.24) is 0 Å². The smallest absolute Gasteiger partial charge is 0.317 e. The molecular weight excluding hydrogens is 190 g/mol. The minimum absolute atomic E-state index is 0.239. The van der Waals surface area contributed by atoms with E-state index in [1.807, 2.05) is 31.2 Å². The number of hydrogen-bond donors (Lipinski definition) is 1. The highest BCUT2D eigenvalue weighted by molar-refractivity contribution is 5.83. The normalized spacial score (nSPS) is 14.4. The lowest BCUT2D eigenvalue weighted by atomic mass is 9.82. The number of methoxy groups -OCH3 is 1. The molecule has 0 spiro atoms. The molecule has 0 aliphatic carbocycles. The molecule has 3 nitrogen and oxygen atoms in total. The molecule has 0 saturated heterocycles. The molecule has 0 aliphatic rings. The number of ether oxygens (including phenoxy) is 1. The summed E-state index contributed by atoms with van der Waals surface area (Å²) >= 11 is 0. The minimum atomic E-state index is -0.748. The van der Waals surface area contributed by atoms with E-state index in [2.05, 4.69) is 0 Å². The summed E-state index contributed by atoms with van der Waals surface area (Å²) in [4.78, 5) is 11.6. The van der Waals surface area contributed by atoms with E-state index in [-0.39, 0.29) is 12.5 Å². The van der Waals surface area contributed by atoms with Crippen molar-refractivity contribution in [2.75, 3.05) is 13.7 Å². The van der Waals surface area contributed by atoms with Crippen LogP contribution in [0.5, 0.6) is 0 Å². The van der Waals surface area contributed by atoms with Crippen LogP contribution in [0.1, 0.15) is 18.1 Å². The Labute approximate surface area is 90.2 Å². The first-order valence-electron chi connectivity index (χ1n) is 4.90. The van der Waals surface area contributed by atoms with Gasteiger partial charge in [0.2, 0.25) is 0 Å². The molecule has 0 bridgehead atoms. The van der Waals surface area contributed by atoms with E-state index < -0.39 is 5.41 Å². The summed E-state index contributed by atoms with van der Waals surface area (Å²) in [7, 11) is 1.38. The Morgan fingerprint density at radius 2 is 1.93 bits per heavy atom. The highest BCUT2D eigenvalue weighted by atomic mass is 16.5. The maximum absolute atomic E-state index is 11.6. The quantitative estimate of drug-likeness (QED) is 0.762. The second-order valence-electron chi connectivity index (χ2n) is 3.89. The molecule has 0 aliphatic heterocycles. The summed E-state index contributed by atoms with van der Waals surface area (Å²) in [5.74, 6) is -0.297. The fourth-order valence-electron chi connectivity index (χ4n) is 1.47. The van der Waals surface area contributed by atoms with Gasteiger partial charge in [-0.05, 0) is 19.4 Å². The molecule has 0 amide bonds. The van der Waals surface area contributed by atoms with E-state index in [1.54, 1.807) is 6.92 Å². The highest BCUT2D eigenvalue weighted by Gasteiger charge is 2.34. The number of hydrogen-bond acceptors (Lipinski definition) is 3. The third-order valence-electron chi connectivity index (χ3n) is 2.73. The Kier molecular flexibility index (Phi) is 3.48. The molecule has 1 aromatic carbocycles. The molecule has 82 valence electrons. The standard InChI is InChI=1S/C12H17NO2/c1-9-4-6-10(7-5-9)12(2,8-13)11(14)15-3/h4-7H,8,13H2,1-3H3. The van der Waals surface area contributed by atoms with Gasteiger partial charge in [-0.15, -0.1) is 0 Å². The van der Waals surface area contributed by atoms with Gasteiger partial charge in [-0.1, -0.05) is 29.8 Å². The number of benzene rings is 1. The van der Waals surface area contributed by atoms with E-state index in [0.717, 1.165) is 11.1 Å². The van der Waals surface area contributed by atoms with Gasteiger partial charge in [0.15, 0.2) is 0 Å². The molecule has 15 heavy (non-hydrogen) atoms. The summed E-state index contributed by atoms with van der Waals surface area (Å²) in [6.07, 6.45) is 0. The molecule has 2 N–H and O–H groups in total. The average Bonchev–Trinajstić information content (AvgIpc) is 2.27. The van der Waals surface area contributed by atoms with Crippen LogP contribution in [-0.4, -0.2) is 19.6 Å². The molecule has 0 aromatic heterocycles. The summed E-state index contributed by atoms with van der Waals surface area (Å²) in [5.41, 5.74) is 6.95. The first-order chi connectivity index (χ1) is 7.04. The van der Waals surface area contributed by atoms with Crippen LogP contribution >= 0.6 is 0 Å². The van der Waals surface area contributed by atoms with Gasteiger partial charge in [-0.25, -0.2) is 0 Å². The van der Waals surface area contributed by atoms with Crippen LogP contribution in [0.3, 0.4) is 0 Å². The van der Waals surface area contributed by atoms with Crippen molar-refractivity contribution in [3.8, 4) is 0 Å². The van der Waals surface area contributed by atoms with Crippen molar-refractivity contribution in [3.05, 3.63) is 35.4 Å². The van der Waals surface area contributed by atoms with Gasteiger partial charge in [0.25, 0.3) is 0 Å². The number of carbonyl (C=O) groups is 1. The maximum atomic E-state index is 11.6. The monoisotopic (exact) mass is 207 g/mol. The summed E-state index contributed by atoms with van der Waals surface area (Å²) in [6.45, 7) is 4.04. The number of nitrogens with two attached hydrogens (primary N) is 1. The van der Waals surface area contributed by atoms with Crippen molar-refractivity contribution in [1.29, 1.82) is 0 Å².